The molecule has 0 radical (unpaired) electrons. The molecule has 76 heavy (non-hydrogen) atoms. The van der Waals surface area contributed by atoms with Crippen molar-refractivity contribution in [1.82, 2.24) is 0 Å². The Balaban J connectivity index is 0.685. The smallest absolute Gasteiger partial charge is 0.202 e. The first-order valence-corrected chi connectivity index (χ1v) is 28.0. The van der Waals surface area contributed by atoms with Crippen LogP contribution in [-0.4, -0.2) is 208 Å². The molecular weight excluding hydrogens is 997 g/mol. The van der Waals surface area contributed by atoms with Crippen molar-refractivity contribution in [3.63, 3.8) is 0 Å². The molecule has 2 saturated carbocycles. The predicted octanol–water partition coefficient (Wildman–Crippen LogP) is 3.07. The molecule has 3 aliphatic carbocycles. The average molecular weight is 1080 g/mol. The van der Waals surface area contributed by atoms with E-state index in [-0.39, 0.29) is 41.5 Å². The van der Waals surface area contributed by atoms with Crippen molar-refractivity contribution in [1.29, 1.82) is 0 Å². The molecule has 7 saturated heterocycles. The number of ether oxygens (including phenoxy) is 16. The van der Waals surface area contributed by atoms with Crippen LogP contribution in [0.5, 0.6) is 0 Å². The van der Waals surface area contributed by atoms with E-state index >= 15 is 0 Å². The lowest BCUT2D eigenvalue weighted by Gasteiger charge is -2.59. The summed E-state index contributed by atoms with van der Waals surface area (Å²) in [6.45, 7) is 14.5. The Morgan fingerprint density at radius 2 is 1.33 bits per heavy atom. The predicted molar refractivity (Wildman–Crippen MR) is 262 cm³/mol. The van der Waals surface area contributed by atoms with Crippen LogP contribution in [0, 0.1) is 34.5 Å². The summed E-state index contributed by atoms with van der Waals surface area (Å²) in [6.07, 6.45) is -7.87. The maximum atomic E-state index is 11.5. The van der Waals surface area contributed by atoms with Crippen molar-refractivity contribution in [3.8, 4) is 0 Å². The summed E-state index contributed by atoms with van der Waals surface area (Å²) in [4.78, 5) is 0. The van der Waals surface area contributed by atoms with Crippen LogP contribution in [0.25, 0.3) is 0 Å². The molecule has 0 spiro atoms. The van der Waals surface area contributed by atoms with Crippen molar-refractivity contribution in [2.75, 3.05) is 41.7 Å². The second-order valence-corrected chi connectivity index (χ2v) is 24.4. The molecule has 432 valence electrons. The highest BCUT2D eigenvalue weighted by Crippen LogP contribution is 2.76. The maximum absolute atomic E-state index is 11.5. The first-order chi connectivity index (χ1) is 36.2. The van der Waals surface area contributed by atoms with Gasteiger partial charge in [-0.2, -0.15) is 0 Å². The topological polar surface area (TPSA) is 249 Å². The number of rotatable bonds is 14. The number of aliphatic hydroxyl groups is 5. The summed E-state index contributed by atoms with van der Waals surface area (Å²) in [5, 5.41) is 52.4. The van der Waals surface area contributed by atoms with Gasteiger partial charge in [-0.3, -0.25) is 0 Å². The molecular formula is C55H86O21. The van der Waals surface area contributed by atoms with E-state index in [1.54, 1.807) is 33.8 Å². The van der Waals surface area contributed by atoms with Crippen LogP contribution in [0.2, 0.25) is 0 Å². The van der Waals surface area contributed by atoms with Gasteiger partial charge in [-0.05, 0) is 90.4 Å². The minimum absolute atomic E-state index is 0.0285. The van der Waals surface area contributed by atoms with E-state index in [1.165, 1.54) is 13.5 Å². The molecule has 11 aliphatic rings. The lowest BCUT2D eigenvalue weighted by Crippen LogP contribution is -2.65. The summed E-state index contributed by atoms with van der Waals surface area (Å²) in [7, 11) is 6.29. The van der Waals surface area contributed by atoms with Crippen LogP contribution >= 0.6 is 0 Å². The number of methoxy groups -OCH3 is 4. The monoisotopic (exact) mass is 1080 g/mol. The van der Waals surface area contributed by atoms with Crippen molar-refractivity contribution >= 4 is 0 Å². The van der Waals surface area contributed by atoms with Gasteiger partial charge in [-0.1, -0.05) is 25.5 Å². The number of aliphatic hydroxyl groups excluding tert-OH is 5. The lowest BCUT2D eigenvalue weighted by molar-refractivity contribution is -0.373. The van der Waals surface area contributed by atoms with Gasteiger partial charge in [-0.25, -0.2) is 0 Å². The molecule has 0 aromatic heterocycles. The second kappa shape index (κ2) is 21.3. The van der Waals surface area contributed by atoms with E-state index in [2.05, 4.69) is 26.8 Å². The highest BCUT2D eigenvalue weighted by atomic mass is 16.8. The van der Waals surface area contributed by atoms with Crippen LogP contribution in [0.15, 0.2) is 23.2 Å². The van der Waals surface area contributed by atoms with E-state index in [9.17, 15) is 25.5 Å². The molecule has 21 heteroatoms. The van der Waals surface area contributed by atoms with Crippen LogP contribution in [0.1, 0.15) is 106 Å². The van der Waals surface area contributed by atoms with Gasteiger partial charge in [0, 0.05) is 51.9 Å². The molecule has 21 nitrogen and oxygen atoms in total. The van der Waals surface area contributed by atoms with Crippen LogP contribution in [0.4, 0.5) is 0 Å². The Bertz CT molecular complexity index is 2130. The van der Waals surface area contributed by atoms with E-state index < -0.39 is 129 Å². The van der Waals surface area contributed by atoms with Crippen LogP contribution in [-0.2, 0) is 75.8 Å². The first-order valence-electron chi connectivity index (χ1n) is 28.0. The summed E-state index contributed by atoms with van der Waals surface area (Å²) in [5.41, 5.74) is 1.60. The number of fused-ring (bicyclic) bond motifs is 3. The van der Waals surface area contributed by atoms with Gasteiger partial charge in [0.1, 0.15) is 66.8 Å². The largest absolute Gasteiger partial charge is 0.497 e. The minimum Gasteiger partial charge on any atom is -0.497 e. The molecule has 8 heterocycles. The third-order valence-electron chi connectivity index (χ3n) is 20.3. The minimum atomic E-state index is -1.66. The molecule has 0 amide bonds. The number of hydrogen-bond donors (Lipinski definition) is 5. The summed E-state index contributed by atoms with van der Waals surface area (Å²) >= 11 is 0. The van der Waals surface area contributed by atoms with Gasteiger partial charge >= 0.3 is 0 Å². The zero-order chi connectivity index (χ0) is 54.0. The number of hydrogen-bond acceptors (Lipinski definition) is 21. The molecule has 11 rings (SSSR count). The molecule has 5 N–H and O–H groups in total. The van der Waals surface area contributed by atoms with Gasteiger partial charge in [0.15, 0.2) is 36.2 Å². The van der Waals surface area contributed by atoms with E-state index in [4.69, 9.17) is 75.8 Å². The molecule has 9 fully saturated rings. The number of allylic oxidation sites excluding steroid dienone is 2. The average Bonchev–Trinajstić information content (AvgIpc) is 4.00. The zero-order valence-corrected chi connectivity index (χ0v) is 46.1. The van der Waals surface area contributed by atoms with Crippen molar-refractivity contribution in [2.24, 2.45) is 34.5 Å². The van der Waals surface area contributed by atoms with Gasteiger partial charge in [0.25, 0.3) is 0 Å². The molecule has 8 aliphatic heterocycles. The summed E-state index contributed by atoms with van der Waals surface area (Å²) in [6, 6.07) is 0. The van der Waals surface area contributed by atoms with Crippen molar-refractivity contribution in [2.45, 2.75) is 247 Å². The van der Waals surface area contributed by atoms with Gasteiger partial charge in [0.2, 0.25) is 6.29 Å². The fourth-order valence-electron chi connectivity index (χ4n) is 16.4. The zero-order valence-electron chi connectivity index (χ0n) is 46.1. The highest BCUT2D eigenvalue weighted by Gasteiger charge is 2.83. The van der Waals surface area contributed by atoms with Crippen molar-refractivity contribution < 1.29 is 101 Å². The van der Waals surface area contributed by atoms with Crippen LogP contribution < -0.4 is 0 Å². The third-order valence-corrected chi connectivity index (χ3v) is 20.3. The Morgan fingerprint density at radius 3 is 2.01 bits per heavy atom. The van der Waals surface area contributed by atoms with Gasteiger partial charge < -0.3 is 101 Å². The molecule has 0 unspecified atom stereocenters. The standard InChI is InChI=1S/C55H86O21/c1-24-44(33(61-8)19-32(66-24)28-14-16-52(5)29(18-28)12-13-31-30(52)15-17-53(6)49-37-23-65-54(49,7)76-55(31,53)75-37)71-38-20-34(62-9)45(25(2)67-38)72-39-21-35(63-10)46(26(3)68-39)73-51-43(60)48(64-11)47(27(4)69-51)74-50-42(59)41(58)40(57)36(22-56)70-50/h12,24-28,30-32,34-43,45-51,56-60H,13-23H2,1-11H3/t24-,25+,26+,27-,28+,30+,31-,32-,34+,35+,36+,37-,38-,39-,40+,41-,42+,43+,45-,46-,47+,48+,49+,50-,51+,52+,53-,54-,55-/m1/s1. The SMILES string of the molecule is COC1=C(O[C@@H]2C[C@H](OC)[C@H](O[C@@H]3C[C@H](OC)[C@H](O[C@@H]4O[C@H](C)[C@H](O[C@H]5O[C@@H](CO)[C@H](O)[C@@H](O)[C@@H]5O)[C@@H](OC)[C@@H]4O)[C@H](C)O3)[C@H](C)O2)[C@@H](C)O[C@@H]([C@H]2CC[C@@]3(C)C(=CC[C@@H]4[C@@H]3CC[C@]3(C)[C@@H]5[C@H]6CO[C@]5(C)O[C@]43O6)C2)C1. The molecule has 0 aromatic carbocycles. The fourth-order valence-corrected chi connectivity index (χ4v) is 16.4. The second-order valence-electron chi connectivity index (χ2n) is 24.4. The molecule has 2 bridgehead atoms. The normalized spacial score (nSPS) is 54.9. The van der Waals surface area contributed by atoms with Crippen LogP contribution in [0.3, 0.4) is 0 Å². The fraction of sp³-hybridized carbons (Fsp3) is 0.927. The van der Waals surface area contributed by atoms with E-state index in [1.807, 2.05) is 20.8 Å². The van der Waals surface area contributed by atoms with Crippen molar-refractivity contribution in [3.05, 3.63) is 23.2 Å². The molecule has 29 atom stereocenters. The quantitative estimate of drug-likeness (QED) is 0.157. The van der Waals surface area contributed by atoms with E-state index in [0.717, 1.165) is 37.9 Å². The Morgan fingerprint density at radius 1 is 0.658 bits per heavy atom. The first kappa shape index (κ1) is 56.2. The lowest BCUT2D eigenvalue weighted by atomic mass is 9.47. The van der Waals surface area contributed by atoms with Gasteiger partial charge in [-0.15, -0.1) is 0 Å². The van der Waals surface area contributed by atoms with Gasteiger partial charge in [0.05, 0.1) is 69.0 Å². The maximum Gasteiger partial charge on any atom is 0.202 e. The summed E-state index contributed by atoms with van der Waals surface area (Å²) < 4.78 is 101. The summed E-state index contributed by atoms with van der Waals surface area (Å²) in [5.74, 6) is 1.67. The highest BCUT2D eigenvalue weighted by molar-refractivity contribution is 5.30. The van der Waals surface area contributed by atoms with E-state index in [0.29, 0.717) is 43.0 Å². The molecule has 0 aromatic rings. The Labute approximate surface area is 446 Å². The Hall–Kier alpha value is -1.68. The Kier molecular flexibility index (Phi) is 15.7. The third kappa shape index (κ3) is 9.08.